The minimum atomic E-state index is -0.593. The van der Waals surface area contributed by atoms with Crippen molar-refractivity contribution < 1.29 is 14.1 Å². The van der Waals surface area contributed by atoms with Gasteiger partial charge in [0, 0.05) is 13.0 Å². The van der Waals surface area contributed by atoms with Crippen LogP contribution in [0.4, 0.5) is 4.79 Å². The molecule has 15 heavy (non-hydrogen) atoms. The van der Waals surface area contributed by atoms with Crippen LogP contribution in [0.5, 0.6) is 0 Å². The molecule has 7 nitrogen and oxygen atoms in total. The quantitative estimate of drug-likeness (QED) is 0.694. The van der Waals surface area contributed by atoms with E-state index in [1.807, 2.05) is 5.32 Å². The van der Waals surface area contributed by atoms with Crippen LogP contribution < -0.4 is 10.6 Å². The monoisotopic (exact) mass is 232 g/mol. The number of alkyl halides is 1. The molecule has 0 unspecified atom stereocenters. The number of hydrogen-bond acceptors (Lipinski definition) is 5. The third-order valence-corrected chi connectivity index (χ3v) is 1.66. The van der Waals surface area contributed by atoms with Gasteiger partial charge in [-0.05, 0) is 0 Å². The lowest BCUT2D eigenvalue weighted by Gasteiger charge is -2.03. The van der Waals surface area contributed by atoms with E-state index in [2.05, 4.69) is 20.0 Å². The molecule has 0 aromatic carbocycles. The van der Waals surface area contributed by atoms with E-state index < -0.39 is 11.9 Å². The largest absolute Gasteiger partial charge is 0.343 e. The molecule has 8 heteroatoms. The average molecular weight is 233 g/mol. The Morgan fingerprint density at radius 3 is 2.93 bits per heavy atom. The van der Waals surface area contributed by atoms with Crippen LogP contribution in [-0.2, 0) is 11.2 Å². The van der Waals surface area contributed by atoms with Gasteiger partial charge in [-0.25, -0.2) is 4.79 Å². The van der Waals surface area contributed by atoms with E-state index in [4.69, 9.17) is 11.6 Å². The number of carbonyl (C=O) groups is 2. The Morgan fingerprint density at radius 2 is 2.33 bits per heavy atom. The molecule has 2 N–H and O–H groups in total. The van der Waals surface area contributed by atoms with E-state index in [-0.39, 0.29) is 5.88 Å². The van der Waals surface area contributed by atoms with E-state index in [0.29, 0.717) is 18.8 Å². The highest BCUT2D eigenvalue weighted by atomic mass is 35.5. The second-order valence-corrected chi connectivity index (χ2v) is 2.80. The first-order valence-corrected chi connectivity index (χ1v) is 4.64. The number of imide groups is 1. The fraction of sp³-hybridized carbons (Fsp3) is 0.429. The van der Waals surface area contributed by atoms with Crippen molar-refractivity contribution in [2.24, 2.45) is 0 Å². The molecule has 0 bridgehead atoms. The van der Waals surface area contributed by atoms with Crippen LogP contribution in [0.15, 0.2) is 10.9 Å². The van der Waals surface area contributed by atoms with Crippen LogP contribution in [0, 0.1) is 0 Å². The van der Waals surface area contributed by atoms with Gasteiger partial charge in [-0.2, -0.15) is 4.98 Å². The molecular weight excluding hydrogens is 224 g/mol. The maximum atomic E-state index is 11.0. The predicted molar refractivity (Wildman–Crippen MR) is 50.3 cm³/mol. The van der Waals surface area contributed by atoms with Gasteiger partial charge in [-0.3, -0.25) is 10.1 Å². The van der Waals surface area contributed by atoms with Crippen molar-refractivity contribution in [3.63, 3.8) is 0 Å². The molecule has 0 aliphatic heterocycles. The summed E-state index contributed by atoms with van der Waals surface area (Å²) in [6.45, 7) is 0.306. The minimum Gasteiger partial charge on any atom is -0.343 e. The van der Waals surface area contributed by atoms with E-state index in [1.54, 1.807) is 0 Å². The Bertz CT molecular complexity index is 327. The number of hydrogen-bond donors (Lipinski definition) is 2. The summed E-state index contributed by atoms with van der Waals surface area (Å²) < 4.78 is 4.49. The third-order valence-electron chi connectivity index (χ3n) is 1.42. The van der Waals surface area contributed by atoms with E-state index in [9.17, 15) is 9.59 Å². The van der Waals surface area contributed by atoms with Crippen molar-refractivity contribution >= 4 is 23.5 Å². The third kappa shape index (κ3) is 4.41. The van der Waals surface area contributed by atoms with Gasteiger partial charge in [0.05, 0.1) is 0 Å². The van der Waals surface area contributed by atoms with Crippen LogP contribution in [0.1, 0.15) is 5.82 Å². The van der Waals surface area contributed by atoms with Crippen molar-refractivity contribution in [1.29, 1.82) is 0 Å². The van der Waals surface area contributed by atoms with Gasteiger partial charge < -0.3 is 9.84 Å². The van der Waals surface area contributed by atoms with Gasteiger partial charge in [0.25, 0.3) is 0 Å². The summed E-state index contributed by atoms with van der Waals surface area (Å²) in [5, 5.41) is 8.00. The Labute approximate surface area is 90.2 Å². The molecule has 1 rings (SSSR count). The highest BCUT2D eigenvalue weighted by Crippen LogP contribution is 1.87. The molecule has 0 atom stereocenters. The lowest BCUT2D eigenvalue weighted by atomic mass is 10.4. The first-order chi connectivity index (χ1) is 7.22. The predicted octanol–water partition coefficient (Wildman–Crippen LogP) is -0.323. The van der Waals surface area contributed by atoms with E-state index >= 15 is 0 Å². The number of nitrogens with zero attached hydrogens (tertiary/aromatic N) is 2. The van der Waals surface area contributed by atoms with Crippen LogP contribution in [-0.4, -0.2) is 34.5 Å². The molecule has 3 amide bonds. The molecule has 82 valence electrons. The molecule has 0 radical (unpaired) electrons. The standard InChI is InChI=1S/C7H9ClN4O3/c8-3-6(13)11-7(14)9-2-1-5-10-4-15-12-5/h4H,1-3H2,(H2,9,11,13,14). The van der Waals surface area contributed by atoms with Crippen molar-refractivity contribution in [3.05, 3.63) is 12.2 Å². The molecule has 0 spiro atoms. The molecule has 0 fully saturated rings. The van der Waals surface area contributed by atoms with Crippen molar-refractivity contribution in [2.75, 3.05) is 12.4 Å². The summed E-state index contributed by atoms with van der Waals surface area (Å²) in [7, 11) is 0. The lowest BCUT2D eigenvalue weighted by Crippen LogP contribution is -2.40. The molecular formula is C7H9ClN4O3. The van der Waals surface area contributed by atoms with Gasteiger partial charge >= 0.3 is 6.03 Å². The van der Waals surface area contributed by atoms with Crippen LogP contribution >= 0.6 is 11.6 Å². The molecule has 1 aromatic heterocycles. The van der Waals surface area contributed by atoms with Gasteiger partial charge in [-0.15, -0.1) is 11.6 Å². The van der Waals surface area contributed by atoms with Crippen molar-refractivity contribution in [3.8, 4) is 0 Å². The summed E-state index contributed by atoms with van der Waals surface area (Å²) in [4.78, 5) is 25.4. The average Bonchev–Trinajstić information content (AvgIpc) is 2.70. The van der Waals surface area contributed by atoms with Gasteiger partial charge in [0.2, 0.25) is 12.3 Å². The van der Waals surface area contributed by atoms with Crippen molar-refractivity contribution in [2.45, 2.75) is 6.42 Å². The van der Waals surface area contributed by atoms with Gasteiger partial charge in [-0.1, -0.05) is 5.16 Å². The maximum absolute atomic E-state index is 11.0. The highest BCUT2D eigenvalue weighted by molar-refractivity contribution is 6.28. The lowest BCUT2D eigenvalue weighted by molar-refractivity contribution is -0.117. The molecule has 0 aliphatic carbocycles. The summed E-state index contributed by atoms with van der Waals surface area (Å²) in [6.07, 6.45) is 1.63. The van der Waals surface area contributed by atoms with Crippen LogP contribution in [0.3, 0.4) is 0 Å². The Kier molecular flexibility index (Phi) is 4.55. The smallest absolute Gasteiger partial charge is 0.321 e. The number of urea groups is 1. The zero-order valence-electron chi connectivity index (χ0n) is 7.70. The molecule has 1 heterocycles. The zero-order valence-corrected chi connectivity index (χ0v) is 8.45. The van der Waals surface area contributed by atoms with Crippen LogP contribution in [0.2, 0.25) is 0 Å². The SMILES string of the molecule is O=C(CCl)NC(=O)NCCc1ncon1. The number of rotatable bonds is 4. The first kappa shape index (κ1) is 11.4. The zero-order chi connectivity index (χ0) is 11.1. The van der Waals surface area contributed by atoms with E-state index in [1.165, 1.54) is 6.39 Å². The molecule has 0 saturated carbocycles. The van der Waals surface area contributed by atoms with Gasteiger partial charge in [0.15, 0.2) is 5.82 Å². The number of aromatic nitrogens is 2. The summed E-state index contributed by atoms with van der Waals surface area (Å²) in [5.74, 6) is -0.314. The second-order valence-electron chi connectivity index (χ2n) is 2.54. The second kappa shape index (κ2) is 5.97. The Balaban J connectivity index is 2.15. The Hall–Kier alpha value is -1.63. The fourth-order valence-electron chi connectivity index (χ4n) is 0.795. The summed E-state index contributed by atoms with van der Waals surface area (Å²) in [6, 6.07) is -0.593. The normalized spacial score (nSPS) is 9.67. The number of amides is 3. The highest BCUT2D eigenvalue weighted by Gasteiger charge is 2.05. The molecule has 0 saturated heterocycles. The van der Waals surface area contributed by atoms with E-state index in [0.717, 1.165) is 0 Å². The summed E-state index contributed by atoms with van der Waals surface area (Å²) >= 11 is 5.19. The van der Waals surface area contributed by atoms with Crippen LogP contribution in [0.25, 0.3) is 0 Å². The Morgan fingerprint density at radius 1 is 1.53 bits per heavy atom. The van der Waals surface area contributed by atoms with Crippen molar-refractivity contribution in [1.82, 2.24) is 20.8 Å². The summed E-state index contributed by atoms with van der Waals surface area (Å²) in [5.41, 5.74) is 0. The van der Waals surface area contributed by atoms with Gasteiger partial charge in [0.1, 0.15) is 5.88 Å². The number of halogens is 1. The fourth-order valence-corrected chi connectivity index (χ4v) is 0.861. The molecule has 1 aromatic rings. The first-order valence-electron chi connectivity index (χ1n) is 4.11. The maximum Gasteiger partial charge on any atom is 0.321 e. The number of nitrogens with one attached hydrogen (secondary N) is 2. The number of carbonyl (C=O) groups excluding carboxylic acids is 2. The minimum absolute atomic E-state index is 0.252. The molecule has 0 aliphatic rings. The topological polar surface area (TPSA) is 97.1 Å².